The fourth-order valence-electron chi connectivity index (χ4n) is 3.61. The number of amides is 2. The van der Waals surface area contributed by atoms with E-state index >= 15 is 0 Å². The number of nitrogens with zero attached hydrogens (tertiary/aromatic N) is 2. The van der Waals surface area contributed by atoms with Gasteiger partial charge >= 0.3 is 0 Å². The van der Waals surface area contributed by atoms with Gasteiger partial charge in [-0.15, -0.1) is 0 Å². The SMILES string of the molecule is O=C1NN=C2[C@H]3C[C@@H](C[C@H]12)C1=NNC(=O)[C@@H]1C3. The maximum Gasteiger partial charge on any atom is 0.248 e. The molecule has 0 saturated heterocycles. The van der Waals surface area contributed by atoms with E-state index in [1.165, 1.54) is 0 Å². The molecular formula is C11H12N4O2. The minimum absolute atomic E-state index is 0.00559. The summed E-state index contributed by atoms with van der Waals surface area (Å²) in [6, 6.07) is 0. The van der Waals surface area contributed by atoms with Gasteiger partial charge in [-0.2, -0.15) is 10.2 Å². The van der Waals surface area contributed by atoms with Gasteiger partial charge in [0, 0.05) is 11.8 Å². The van der Waals surface area contributed by atoms with E-state index in [1.807, 2.05) is 0 Å². The Morgan fingerprint density at radius 2 is 1.29 bits per heavy atom. The Hall–Kier alpha value is -1.72. The van der Waals surface area contributed by atoms with Crippen LogP contribution in [0.4, 0.5) is 0 Å². The summed E-state index contributed by atoms with van der Waals surface area (Å²) in [7, 11) is 0. The summed E-state index contributed by atoms with van der Waals surface area (Å²) in [6.45, 7) is 0. The average molecular weight is 232 g/mol. The Labute approximate surface area is 97.5 Å². The molecule has 0 aromatic rings. The molecule has 4 rings (SSSR count). The van der Waals surface area contributed by atoms with E-state index in [0.717, 1.165) is 30.7 Å². The van der Waals surface area contributed by atoms with Crippen LogP contribution in [-0.4, -0.2) is 23.2 Å². The third-order valence-corrected chi connectivity index (χ3v) is 4.38. The molecule has 2 heterocycles. The number of hydrogen-bond acceptors (Lipinski definition) is 4. The van der Waals surface area contributed by atoms with Gasteiger partial charge in [0.15, 0.2) is 0 Å². The molecular weight excluding hydrogens is 220 g/mol. The lowest BCUT2D eigenvalue weighted by molar-refractivity contribution is -0.122. The lowest BCUT2D eigenvalue weighted by Crippen LogP contribution is -2.45. The number of rotatable bonds is 0. The Morgan fingerprint density at radius 1 is 0.824 bits per heavy atom. The lowest BCUT2D eigenvalue weighted by Gasteiger charge is -2.38. The summed E-state index contributed by atoms with van der Waals surface area (Å²) in [5.74, 6) is 0.379. The largest absolute Gasteiger partial charge is 0.272 e. The molecule has 0 aromatic carbocycles. The van der Waals surface area contributed by atoms with Gasteiger partial charge in [-0.05, 0) is 19.3 Å². The van der Waals surface area contributed by atoms with Crippen molar-refractivity contribution in [2.45, 2.75) is 19.3 Å². The number of nitrogens with one attached hydrogen (secondary N) is 2. The van der Waals surface area contributed by atoms with E-state index in [-0.39, 0.29) is 35.5 Å². The van der Waals surface area contributed by atoms with Crippen molar-refractivity contribution in [3.05, 3.63) is 0 Å². The van der Waals surface area contributed by atoms with Gasteiger partial charge in [0.05, 0.1) is 23.3 Å². The summed E-state index contributed by atoms with van der Waals surface area (Å²) < 4.78 is 0. The van der Waals surface area contributed by atoms with Crippen LogP contribution >= 0.6 is 0 Å². The Kier molecular flexibility index (Phi) is 1.61. The van der Waals surface area contributed by atoms with Crippen LogP contribution in [0.25, 0.3) is 0 Å². The molecule has 0 spiro atoms. The molecule has 4 aliphatic rings. The first-order valence-electron chi connectivity index (χ1n) is 5.98. The molecule has 2 aliphatic carbocycles. The predicted octanol–water partition coefficient (Wildman–Crippen LogP) is -0.380. The Morgan fingerprint density at radius 3 is 1.76 bits per heavy atom. The van der Waals surface area contributed by atoms with Crippen LogP contribution in [0.3, 0.4) is 0 Å². The molecule has 2 saturated carbocycles. The highest BCUT2D eigenvalue weighted by molar-refractivity contribution is 6.15. The molecule has 0 aromatic heterocycles. The van der Waals surface area contributed by atoms with Crippen molar-refractivity contribution in [2.24, 2.45) is 33.9 Å². The molecule has 88 valence electrons. The Bertz CT molecular complexity index is 452. The molecule has 6 heteroatoms. The van der Waals surface area contributed by atoms with Gasteiger partial charge < -0.3 is 0 Å². The number of carbonyl (C=O) groups excluding carboxylic acids is 2. The molecule has 2 N–H and O–H groups in total. The summed E-state index contributed by atoms with van der Waals surface area (Å²) in [5.41, 5.74) is 7.05. The van der Waals surface area contributed by atoms with Gasteiger partial charge in [-0.3, -0.25) is 9.59 Å². The van der Waals surface area contributed by atoms with Crippen molar-refractivity contribution >= 4 is 23.2 Å². The smallest absolute Gasteiger partial charge is 0.248 e. The van der Waals surface area contributed by atoms with Crippen molar-refractivity contribution in [1.82, 2.24) is 10.9 Å². The maximum atomic E-state index is 11.6. The van der Waals surface area contributed by atoms with Crippen LogP contribution in [0.2, 0.25) is 0 Å². The molecule has 2 aliphatic heterocycles. The number of hydrazone groups is 2. The van der Waals surface area contributed by atoms with Crippen LogP contribution in [0.15, 0.2) is 10.2 Å². The molecule has 0 unspecified atom stereocenters. The fourth-order valence-corrected chi connectivity index (χ4v) is 3.61. The minimum Gasteiger partial charge on any atom is -0.272 e. The fraction of sp³-hybridized carbons (Fsp3) is 0.636. The first kappa shape index (κ1) is 9.32. The van der Waals surface area contributed by atoms with E-state index in [2.05, 4.69) is 21.1 Å². The second-order valence-corrected chi connectivity index (χ2v) is 5.23. The van der Waals surface area contributed by atoms with Crippen LogP contribution < -0.4 is 10.9 Å². The van der Waals surface area contributed by atoms with E-state index in [1.54, 1.807) is 0 Å². The van der Waals surface area contributed by atoms with Crippen molar-refractivity contribution in [3.63, 3.8) is 0 Å². The van der Waals surface area contributed by atoms with Gasteiger partial charge in [-0.1, -0.05) is 0 Å². The Balaban J connectivity index is 1.73. The van der Waals surface area contributed by atoms with Crippen molar-refractivity contribution in [3.8, 4) is 0 Å². The molecule has 6 nitrogen and oxygen atoms in total. The maximum absolute atomic E-state index is 11.6. The van der Waals surface area contributed by atoms with Crippen molar-refractivity contribution in [2.75, 3.05) is 0 Å². The lowest BCUT2D eigenvalue weighted by atomic mass is 9.63. The topological polar surface area (TPSA) is 82.9 Å². The van der Waals surface area contributed by atoms with Crippen LogP contribution in [0.1, 0.15) is 19.3 Å². The number of hydrogen-bond donors (Lipinski definition) is 2. The van der Waals surface area contributed by atoms with Crippen molar-refractivity contribution in [1.29, 1.82) is 0 Å². The van der Waals surface area contributed by atoms with Crippen molar-refractivity contribution < 1.29 is 9.59 Å². The van der Waals surface area contributed by atoms with E-state index in [0.29, 0.717) is 0 Å². The van der Waals surface area contributed by atoms with Gasteiger partial charge in [-0.25, -0.2) is 10.9 Å². The third-order valence-electron chi connectivity index (χ3n) is 4.38. The zero-order valence-corrected chi connectivity index (χ0v) is 9.14. The monoisotopic (exact) mass is 232 g/mol. The zero-order valence-electron chi connectivity index (χ0n) is 9.14. The van der Waals surface area contributed by atoms with Crippen LogP contribution in [0.5, 0.6) is 0 Å². The molecule has 17 heavy (non-hydrogen) atoms. The molecule has 2 amide bonds. The van der Waals surface area contributed by atoms with Gasteiger partial charge in [0.1, 0.15) is 0 Å². The molecule has 0 radical (unpaired) electrons. The van der Waals surface area contributed by atoms with Crippen LogP contribution in [-0.2, 0) is 9.59 Å². The molecule has 4 atom stereocenters. The molecule has 2 fully saturated rings. The third kappa shape index (κ3) is 1.10. The standard InChI is InChI=1S/C11H12N4O2/c16-10-6-2-4-1-5(9(6)13-14-10)3-7-8(4)12-15-11(7)17/h4-7H,1-3H2,(H,14,16)(H,15,17)/t4-,5-,6-,7+/m0/s1. The molecule has 2 bridgehead atoms. The summed E-state index contributed by atoms with van der Waals surface area (Å²) in [6.07, 6.45) is 2.49. The first-order valence-corrected chi connectivity index (χ1v) is 5.98. The highest BCUT2D eigenvalue weighted by atomic mass is 16.2. The normalized spacial score (nSPS) is 42.1. The minimum atomic E-state index is -0.0851. The number of fused-ring (bicyclic) bond motifs is 6. The van der Waals surface area contributed by atoms with E-state index < -0.39 is 0 Å². The summed E-state index contributed by atoms with van der Waals surface area (Å²) in [5, 5.41) is 8.29. The summed E-state index contributed by atoms with van der Waals surface area (Å²) in [4.78, 5) is 23.3. The average Bonchev–Trinajstić information content (AvgIpc) is 2.86. The highest BCUT2D eigenvalue weighted by Crippen LogP contribution is 2.44. The number of carbonyl (C=O) groups is 2. The van der Waals surface area contributed by atoms with E-state index in [9.17, 15) is 9.59 Å². The first-order chi connectivity index (χ1) is 8.24. The second kappa shape index (κ2) is 2.94. The summed E-state index contributed by atoms with van der Waals surface area (Å²) >= 11 is 0. The second-order valence-electron chi connectivity index (χ2n) is 5.23. The highest BCUT2D eigenvalue weighted by Gasteiger charge is 2.51. The van der Waals surface area contributed by atoms with Gasteiger partial charge in [0.25, 0.3) is 0 Å². The van der Waals surface area contributed by atoms with Gasteiger partial charge in [0.2, 0.25) is 11.8 Å². The predicted molar refractivity (Wildman–Crippen MR) is 59.0 cm³/mol. The quantitative estimate of drug-likeness (QED) is 0.596. The van der Waals surface area contributed by atoms with Crippen LogP contribution in [0, 0.1) is 23.7 Å². The van der Waals surface area contributed by atoms with E-state index in [4.69, 9.17) is 0 Å². The zero-order chi connectivity index (χ0) is 11.6.